The lowest BCUT2D eigenvalue weighted by Crippen LogP contribution is -2.31. The van der Waals surface area contributed by atoms with E-state index in [1.165, 1.54) is 6.08 Å². The summed E-state index contributed by atoms with van der Waals surface area (Å²) in [5.74, 6) is -0.985. The van der Waals surface area contributed by atoms with E-state index in [0.29, 0.717) is 17.2 Å². The molecule has 1 amide bonds. The van der Waals surface area contributed by atoms with Gasteiger partial charge in [0.2, 0.25) is 10.0 Å². The highest BCUT2D eigenvalue weighted by molar-refractivity contribution is 7.92. The Labute approximate surface area is 170 Å². The minimum Gasteiger partial charge on any atom is -0.455 e. The summed E-state index contributed by atoms with van der Waals surface area (Å²) in [6.07, 6.45) is 1.41. The molecule has 0 radical (unpaired) electrons. The molecule has 2 aromatic carbocycles. The van der Waals surface area contributed by atoms with E-state index in [2.05, 4.69) is 23.9 Å². The fraction of sp³-hybridized carbons (Fsp3) is 0.238. The Morgan fingerprint density at radius 1 is 1.03 bits per heavy atom. The molecule has 2 rings (SSSR count). The van der Waals surface area contributed by atoms with Gasteiger partial charge in [0.25, 0.3) is 5.91 Å². The van der Waals surface area contributed by atoms with Gasteiger partial charge in [-0.25, -0.2) is 13.1 Å². The molecule has 0 saturated carbocycles. The maximum absolute atomic E-state index is 11.9. The SMILES string of the molecule is CC(C)c1ccc(NC(=O)COC(=O)CNS(=O)(=O)/C=C/c2ccccc2)cc1. The number of nitrogens with one attached hydrogen (secondary N) is 2. The second-order valence-corrected chi connectivity index (χ2v) is 8.22. The zero-order valence-corrected chi connectivity index (χ0v) is 17.1. The number of rotatable bonds is 9. The third-order valence-corrected chi connectivity index (χ3v) is 4.92. The molecule has 0 heterocycles. The summed E-state index contributed by atoms with van der Waals surface area (Å²) in [5.41, 5.74) is 2.43. The first kappa shape index (κ1) is 22.3. The summed E-state index contributed by atoms with van der Waals surface area (Å²) >= 11 is 0. The molecule has 0 unspecified atom stereocenters. The van der Waals surface area contributed by atoms with Gasteiger partial charge in [-0.15, -0.1) is 0 Å². The molecular weight excluding hydrogens is 392 g/mol. The Bertz CT molecular complexity index is 952. The number of benzene rings is 2. The van der Waals surface area contributed by atoms with Crippen molar-refractivity contribution in [1.29, 1.82) is 0 Å². The fourth-order valence-corrected chi connectivity index (χ4v) is 3.04. The molecule has 0 atom stereocenters. The monoisotopic (exact) mass is 416 g/mol. The van der Waals surface area contributed by atoms with Crippen molar-refractivity contribution in [2.45, 2.75) is 19.8 Å². The van der Waals surface area contributed by atoms with Crippen LogP contribution >= 0.6 is 0 Å². The number of carbonyl (C=O) groups is 2. The average molecular weight is 416 g/mol. The van der Waals surface area contributed by atoms with Crippen molar-refractivity contribution >= 4 is 33.7 Å². The zero-order valence-electron chi connectivity index (χ0n) is 16.3. The second-order valence-electron chi connectivity index (χ2n) is 6.57. The van der Waals surface area contributed by atoms with Crippen LogP contribution < -0.4 is 10.0 Å². The van der Waals surface area contributed by atoms with E-state index in [9.17, 15) is 18.0 Å². The summed E-state index contributed by atoms with van der Waals surface area (Å²) in [6.45, 7) is 3.06. The van der Waals surface area contributed by atoms with Gasteiger partial charge in [0.15, 0.2) is 6.61 Å². The lowest BCUT2D eigenvalue weighted by atomic mass is 10.0. The van der Waals surface area contributed by atoms with Gasteiger partial charge in [0.05, 0.1) is 0 Å². The Kier molecular flexibility index (Phi) is 8.11. The molecule has 0 bridgehead atoms. The minimum atomic E-state index is -3.81. The summed E-state index contributed by atoms with van der Waals surface area (Å²) in [6, 6.07) is 16.2. The Balaban J connectivity index is 1.74. The van der Waals surface area contributed by atoms with Crippen LogP contribution in [0.5, 0.6) is 0 Å². The molecule has 0 spiro atoms. The van der Waals surface area contributed by atoms with Gasteiger partial charge in [-0.3, -0.25) is 9.59 Å². The molecule has 29 heavy (non-hydrogen) atoms. The Morgan fingerprint density at radius 2 is 1.69 bits per heavy atom. The highest BCUT2D eigenvalue weighted by Crippen LogP contribution is 2.17. The van der Waals surface area contributed by atoms with E-state index in [1.807, 2.05) is 18.2 Å². The minimum absolute atomic E-state index is 0.382. The third-order valence-electron chi connectivity index (χ3n) is 3.88. The van der Waals surface area contributed by atoms with Gasteiger partial charge in [-0.1, -0.05) is 56.3 Å². The maximum Gasteiger partial charge on any atom is 0.321 e. The van der Waals surface area contributed by atoms with Crippen molar-refractivity contribution in [2.24, 2.45) is 0 Å². The predicted octanol–water partition coefficient (Wildman–Crippen LogP) is 2.88. The van der Waals surface area contributed by atoms with Crippen molar-refractivity contribution in [2.75, 3.05) is 18.5 Å². The summed E-state index contributed by atoms with van der Waals surface area (Å²) < 4.78 is 30.6. The van der Waals surface area contributed by atoms with E-state index in [-0.39, 0.29) is 0 Å². The van der Waals surface area contributed by atoms with Crippen LogP contribution in [0.3, 0.4) is 0 Å². The molecule has 0 aliphatic heterocycles. The molecule has 0 saturated heterocycles. The first-order valence-electron chi connectivity index (χ1n) is 9.03. The Morgan fingerprint density at radius 3 is 2.31 bits per heavy atom. The standard InChI is InChI=1S/C21H24N2O5S/c1-16(2)18-8-10-19(11-9-18)23-20(24)15-28-21(25)14-22-29(26,27)13-12-17-6-4-3-5-7-17/h3-13,16,22H,14-15H2,1-2H3,(H,23,24)/b13-12+. The van der Waals surface area contributed by atoms with E-state index >= 15 is 0 Å². The van der Waals surface area contributed by atoms with E-state index < -0.39 is 35.1 Å². The average Bonchev–Trinajstić information content (AvgIpc) is 2.70. The molecule has 0 aliphatic carbocycles. The van der Waals surface area contributed by atoms with Crippen molar-refractivity contribution in [3.05, 3.63) is 71.1 Å². The molecule has 2 N–H and O–H groups in total. The fourth-order valence-electron chi connectivity index (χ4n) is 2.29. The smallest absolute Gasteiger partial charge is 0.321 e. The van der Waals surface area contributed by atoms with Crippen LogP contribution in [0.1, 0.15) is 30.9 Å². The van der Waals surface area contributed by atoms with Crippen molar-refractivity contribution < 1.29 is 22.7 Å². The molecule has 8 heteroatoms. The molecule has 7 nitrogen and oxygen atoms in total. The van der Waals surface area contributed by atoms with Gasteiger partial charge >= 0.3 is 5.97 Å². The predicted molar refractivity (Wildman–Crippen MR) is 113 cm³/mol. The van der Waals surface area contributed by atoms with Gasteiger partial charge in [0, 0.05) is 11.1 Å². The lowest BCUT2D eigenvalue weighted by molar-refractivity contribution is -0.146. The normalized spacial score (nSPS) is 11.6. The second kappa shape index (κ2) is 10.5. The largest absolute Gasteiger partial charge is 0.455 e. The van der Waals surface area contributed by atoms with Crippen LogP contribution in [0.2, 0.25) is 0 Å². The number of sulfonamides is 1. The van der Waals surface area contributed by atoms with Crippen LogP contribution in [-0.2, 0) is 24.3 Å². The van der Waals surface area contributed by atoms with Crippen molar-refractivity contribution in [3.8, 4) is 0 Å². The van der Waals surface area contributed by atoms with Gasteiger partial charge < -0.3 is 10.1 Å². The van der Waals surface area contributed by atoms with Gasteiger partial charge in [0.1, 0.15) is 6.54 Å². The summed E-state index contributed by atoms with van der Waals surface area (Å²) in [4.78, 5) is 23.5. The molecule has 0 fully saturated rings. The molecule has 0 aromatic heterocycles. The highest BCUT2D eigenvalue weighted by atomic mass is 32.2. The first-order chi connectivity index (χ1) is 13.7. The molecular formula is C21H24N2O5S. The van der Waals surface area contributed by atoms with Crippen LogP contribution in [0.4, 0.5) is 5.69 Å². The van der Waals surface area contributed by atoms with Gasteiger partial charge in [-0.05, 0) is 35.3 Å². The van der Waals surface area contributed by atoms with E-state index in [4.69, 9.17) is 4.74 Å². The van der Waals surface area contributed by atoms with Gasteiger partial charge in [-0.2, -0.15) is 0 Å². The van der Waals surface area contributed by atoms with Crippen LogP contribution in [-0.4, -0.2) is 33.4 Å². The maximum atomic E-state index is 11.9. The van der Waals surface area contributed by atoms with Crippen molar-refractivity contribution in [3.63, 3.8) is 0 Å². The van der Waals surface area contributed by atoms with E-state index in [0.717, 1.165) is 11.0 Å². The number of carbonyl (C=O) groups excluding carboxylic acids is 2. The molecule has 0 aliphatic rings. The first-order valence-corrected chi connectivity index (χ1v) is 10.6. The van der Waals surface area contributed by atoms with Crippen molar-refractivity contribution in [1.82, 2.24) is 4.72 Å². The van der Waals surface area contributed by atoms with E-state index in [1.54, 1.807) is 36.4 Å². The molecule has 2 aromatic rings. The molecule has 154 valence electrons. The summed E-state index contributed by atoms with van der Waals surface area (Å²) in [5, 5.41) is 3.57. The van der Waals surface area contributed by atoms with Crippen LogP contribution in [0.25, 0.3) is 6.08 Å². The number of anilines is 1. The number of hydrogen-bond acceptors (Lipinski definition) is 5. The number of esters is 1. The summed E-state index contributed by atoms with van der Waals surface area (Å²) in [7, 11) is -3.81. The topological polar surface area (TPSA) is 102 Å². The number of amides is 1. The highest BCUT2D eigenvalue weighted by Gasteiger charge is 2.12. The number of ether oxygens (including phenoxy) is 1. The van der Waals surface area contributed by atoms with Crippen LogP contribution in [0.15, 0.2) is 60.0 Å². The lowest BCUT2D eigenvalue weighted by Gasteiger charge is -2.09. The Hall–Kier alpha value is -2.97. The van der Waals surface area contributed by atoms with Crippen LogP contribution in [0, 0.1) is 0 Å². The number of hydrogen-bond donors (Lipinski definition) is 2. The quantitative estimate of drug-likeness (QED) is 0.612. The zero-order chi connectivity index (χ0) is 21.3. The third kappa shape index (κ3) is 8.28.